The van der Waals surface area contributed by atoms with Crippen molar-refractivity contribution in [2.75, 3.05) is 26.4 Å². The average molecular weight is 549 g/mol. The lowest BCUT2D eigenvalue weighted by Crippen LogP contribution is -2.45. The third-order valence-electron chi connectivity index (χ3n) is 6.69. The molecule has 0 unspecified atom stereocenters. The fraction of sp³-hybridized carbons (Fsp3) is 0.586. The molecule has 0 atom stereocenters. The molecule has 2 aromatic rings. The zero-order valence-corrected chi connectivity index (χ0v) is 25.8. The van der Waals surface area contributed by atoms with E-state index in [0.717, 1.165) is 22.6 Å². The van der Waals surface area contributed by atoms with E-state index >= 15 is 0 Å². The summed E-state index contributed by atoms with van der Waals surface area (Å²) in [5.74, 6) is 1.72. The lowest BCUT2D eigenvalue weighted by molar-refractivity contribution is -0.0674. The predicted molar refractivity (Wildman–Crippen MR) is 151 cm³/mol. The van der Waals surface area contributed by atoms with Gasteiger partial charge >= 0.3 is 17.2 Å². The molecule has 1 spiro atoms. The van der Waals surface area contributed by atoms with Crippen LogP contribution in [0.4, 0.5) is 0 Å². The van der Waals surface area contributed by atoms with Crippen LogP contribution < -0.4 is 9.05 Å². The second kappa shape index (κ2) is 10.7. The van der Waals surface area contributed by atoms with Gasteiger partial charge in [0.25, 0.3) is 0 Å². The van der Waals surface area contributed by atoms with Crippen molar-refractivity contribution in [3.63, 3.8) is 0 Å². The standard InChI is InChI=1S/C29H42O6P2/c1-19-11-21(3)25(22(4)12-19)34-36-30-15-29(16-31-36)17-32-37(33-18-29)35-26-23(27(5,6)7)13-20(2)14-24(26)28(8,9)10/h11-14H,15-18H2,1-10H3. The molecule has 37 heavy (non-hydrogen) atoms. The average Bonchev–Trinajstić information content (AvgIpc) is 2.78. The third-order valence-corrected chi connectivity index (χ3v) is 8.71. The maximum Gasteiger partial charge on any atom is 0.397 e. The first-order chi connectivity index (χ1) is 17.2. The molecule has 2 saturated heterocycles. The number of rotatable bonds is 4. The summed E-state index contributed by atoms with van der Waals surface area (Å²) in [6.45, 7) is 23.4. The fourth-order valence-corrected chi connectivity index (χ4v) is 7.29. The minimum Gasteiger partial charge on any atom is -0.426 e. The normalized spacial score (nSPS) is 24.8. The Balaban J connectivity index is 1.41. The lowest BCUT2D eigenvalue weighted by Gasteiger charge is -2.41. The molecule has 6 nitrogen and oxygen atoms in total. The smallest absolute Gasteiger partial charge is 0.397 e. The molecule has 2 aliphatic heterocycles. The number of aryl methyl sites for hydroxylation is 4. The van der Waals surface area contributed by atoms with Crippen molar-refractivity contribution in [2.45, 2.75) is 80.1 Å². The second-order valence-corrected chi connectivity index (χ2v) is 14.9. The van der Waals surface area contributed by atoms with Gasteiger partial charge in [-0.25, -0.2) is 0 Å². The van der Waals surface area contributed by atoms with Gasteiger partial charge in [0, 0.05) is 11.1 Å². The van der Waals surface area contributed by atoms with Crippen LogP contribution in [0.15, 0.2) is 24.3 Å². The topological polar surface area (TPSA) is 55.4 Å². The van der Waals surface area contributed by atoms with Crippen molar-refractivity contribution in [3.8, 4) is 11.5 Å². The van der Waals surface area contributed by atoms with Gasteiger partial charge < -0.3 is 27.1 Å². The van der Waals surface area contributed by atoms with Crippen LogP contribution >= 0.6 is 17.2 Å². The van der Waals surface area contributed by atoms with E-state index in [4.69, 9.17) is 27.1 Å². The summed E-state index contributed by atoms with van der Waals surface area (Å²) in [5, 5.41) is 0. The Morgan fingerprint density at radius 2 is 0.946 bits per heavy atom. The van der Waals surface area contributed by atoms with Crippen molar-refractivity contribution < 1.29 is 27.1 Å². The van der Waals surface area contributed by atoms with E-state index in [1.807, 2.05) is 13.8 Å². The summed E-state index contributed by atoms with van der Waals surface area (Å²) >= 11 is 0. The molecule has 2 aromatic carbocycles. The van der Waals surface area contributed by atoms with Crippen LogP contribution in [-0.4, -0.2) is 26.4 Å². The first-order valence-corrected chi connectivity index (χ1v) is 15.1. The Morgan fingerprint density at radius 1 is 0.595 bits per heavy atom. The van der Waals surface area contributed by atoms with Crippen LogP contribution in [0.1, 0.15) is 74.9 Å². The largest absolute Gasteiger partial charge is 0.426 e. The van der Waals surface area contributed by atoms with Crippen LogP contribution in [0.5, 0.6) is 11.5 Å². The highest BCUT2D eigenvalue weighted by molar-refractivity contribution is 7.42. The van der Waals surface area contributed by atoms with Gasteiger partial charge in [-0.05, 0) is 49.7 Å². The molecule has 0 aliphatic carbocycles. The van der Waals surface area contributed by atoms with Gasteiger partial charge in [0.2, 0.25) is 0 Å². The van der Waals surface area contributed by atoms with Gasteiger partial charge in [-0.2, -0.15) is 0 Å². The molecule has 204 valence electrons. The fourth-order valence-electron chi connectivity index (χ4n) is 4.63. The predicted octanol–water partition coefficient (Wildman–Crippen LogP) is 8.51. The first kappa shape index (κ1) is 28.7. The SMILES string of the molecule is Cc1cc(C)c(OP2OCC3(CO2)COP(Oc2c(C(C)(C)C)cc(C)cc2C(C)(C)C)OC3)c(C)c1. The Bertz CT molecular complexity index is 1060. The maximum atomic E-state index is 6.51. The highest BCUT2D eigenvalue weighted by atomic mass is 31.2. The summed E-state index contributed by atoms with van der Waals surface area (Å²) in [6.07, 6.45) is 0. The van der Waals surface area contributed by atoms with Crippen molar-refractivity contribution in [1.29, 1.82) is 0 Å². The molecule has 2 aliphatic rings. The lowest BCUT2D eigenvalue weighted by atomic mass is 9.78. The third kappa shape index (κ3) is 6.67. The van der Waals surface area contributed by atoms with Crippen LogP contribution in [0.2, 0.25) is 0 Å². The Kier molecular flexibility index (Phi) is 8.33. The van der Waals surface area contributed by atoms with Crippen molar-refractivity contribution in [1.82, 2.24) is 0 Å². The van der Waals surface area contributed by atoms with Gasteiger partial charge in [0.05, 0.1) is 31.8 Å². The zero-order chi connectivity index (χ0) is 27.2. The summed E-state index contributed by atoms with van der Waals surface area (Å²) in [4.78, 5) is 0. The highest BCUT2D eigenvalue weighted by Crippen LogP contribution is 2.55. The summed E-state index contributed by atoms with van der Waals surface area (Å²) in [5.41, 5.74) is 6.42. The van der Waals surface area contributed by atoms with Crippen LogP contribution in [0.25, 0.3) is 0 Å². The van der Waals surface area contributed by atoms with Gasteiger partial charge in [0.15, 0.2) is 0 Å². The summed E-state index contributed by atoms with van der Waals surface area (Å²) in [6, 6.07) is 8.65. The van der Waals surface area contributed by atoms with Crippen LogP contribution in [0.3, 0.4) is 0 Å². The molecule has 0 aromatic heterocycles. The van der Waals surface area contributed by atoms with Crippen LogP contribution in [0, 0.1) is 33.1 Å². The molecule has 0 radical (unpaired) electrons. The molecule has 0 bridgehead atoms. The summed E-state index contributed by atoms with van der Waals surface area (Å²) in [7, 11) is -3.00. The van der Waals surface area contributed by atoms with E-state index in [1.165, 1.54) is 22.3 Å². The molecule has 0 N–H and O–H groups in total. The number of hydrogen-bond donors (Lipinski definition) is 0. The molecule has 2 fully saturated rings. The molecule has 0 saturated carbocycles. The Hall–Kier alpha value is -1.26. The van der Waals surface area contributed by atoms with Gasteiger partial charge in [-0.15, -0.1) is 0 Å². The quantitative estimate of drug-likeness (QED) is 0.357. The van der Waals surface area contributed by atoms with E-state index in [9.17, 15) is 0 Å². The van der Waals surface area contributed by atoms with Crippen molar-refractivity contribution in [3.05, 3.63) is 57.6 Å². The van der Waals surface area contributed by atoms with Gasteiger partial charge in [0.1, 0.15) is 11.5 Å². The molecule has 2 heterocycles. The minimum atomic E-state index is -1.53. The van der Waals surface area contributed by atoms with Gasteiger partial charge in [-0.1, -0.05) is 76.9 Å². The minimum absolute atomic E-state index is 0.0793. The molecule has 4 rings (SSSR count). The number of hydrogen-bond acceptors (Lipinski definition) is 6. The zero-order valence-electron chi connectivity index (χ0n) is 24.0. The van der Waals surface area contributed by atoms with Gasteiger partial charge in [-0.3, -0.25) is 0 Å². The van der Waals surface area contributed by atoms with E-state index < -0.39 is 17.2 Å². The number of benzene rings is 2. The highest BCUT2D eigenvalue weighted by Gasteiger charge is 2.45. The Morgan fingerprint density at radius 3 is 1.32 bits per heavy atom. The Labute approximate surface area is 225 Å². The van der Waals surface area contributed by atoms with Crippen molar-refractivity contribution in [2.24, 2.45) is 5.41 Å². The van der Waals surface area contributed by atoms with E-state index in [1.54, 1.807) is 0 Å². The van der Waals surface area contributed by atoms with Crippen molar-refractivity contribution >= 4 is 17.2 Å². The van der Waals surface area contributed by atoms with E-state index in [-0.39, 0.29) is 16.2 Å². The molecule has 8 heteroatoms. The molecular weight excluding hydrogens is 506 g/mol. The summed E-state index contributed by atoms with van der Waals surface area (Å²) < 4.78 is 37.1. The maximum absolute atomic E-state index is 6.51. The van der Waals surface area contributed by atoms with Crippen LogP contribution in [-0.2, 0) is 28.9 Å². The molecule has 0 amide bonds. The first-order valence-electron chi connectivity index (χ1n) is 12.9. The monoisotopic (exact) mass is 548 g/mol. The second-order valence-electron chi connectivity index (χ2n) is 12.6. The van der Waals surface area contributed by atoms with E-state index in [0.29, 0.717) is 26.4 Å². The molecular formula is C29H42O6P2. The van der Waals surface area contributed by atoms with E-state index in [2.05, 4.69) is 79.7 Å².